The Hall–Kier alpha value is -1.20. The van der Waals surface area contributed by atoms with Gasteiger partial charge in [0.2, 0.25) is 0 Å². The van der Waals surface area contributed by atoms with Gasteiger partial charge in [-0.25, -0.2) is 10.8 Å². The van der Waals surface area contributed by atoms with E-state index in [0.717, 1.165) is 38.2 Å². The molecule has 0 radical (unpaired) electrons. The first-order chi connectivity index (χ1) is 7.80. The lowest BCUT2D eigenvalue weighted by molar-refractivity contribution is 0.263. The molecule has 0 saturated carbocycles. The minimum atomic E-state index is 0.598. The standard InChI is InChI=1S/C11H21N5/c1-3-5-16(6-4-2)9-10-7-14-11(15-12)8-13-10/h7-8H,3-6,9,12H2,1-2H3,(H,14,15). The molecule has 1 heterocycles. The van der Waals surface area contributed by atoms with Crippen molar-refractivity contribution < 1.29 is 0 Å². The Morgan fingerprint density at radius 1 is 1.19 bits per heavy atom. The highest BCUT2D eigenvalue weighted by Gasteiger charge is 2.05. The van der Waals surface area contributed by atoms with E-state index in [-0.39, 0.29) is 0 Å². The highest BCUT2D eigenvalue weighted by molar-refractivity contribution is 5.28. The van der Waals surface area contributed by atoms with Crippen LogP contribution in [-0.2, 0) is 6.54 Å². The van der Waals surface area contributed by atoms with Crippen molar-refractivity contribution in [2.24, 2.45) is 5.84 Å². The van der Waals surface area contributed by atoms with Crippen molar-refractivity contribution in [2.45, 2.75) is 33.2 Å². The van der Waals surface area contributed by atoms with Crippen LogP contribution in [0.5, 0.6) is 0 Å². The molecule has 1 aromatic rings. The van der Waals surface area contributed by atoms with E-state index in [1.54, 1.807) is 12.4 Å². The maximum atomic E-state index is 5.23. The first-order valence-electron chi connectivity index (χ1n) is 5.80. The van der Waals surface area contributed by atoms with Gasteiger partial charge in [-0.3, -0.25) is 9.88 Å². The summed E-state index contributed by atoms with van der Waals surface area (Å²) in [6.07, 6.45) is 5.75. The molecule has 0 aromatic carbocycles. The summed E-state index contributed by atoms with van der Waals surface area (Å²) in [5, 5.41) is 0. The molecular formula is C11H21N5. The number of nitrogens with two attached hydrogens (primary N) is 1. The number of hydrazine groups is 1. The van der Waals surface area contributed by atoms with Gasteiger partial charge >= 0.3 is 0 Å². The van der Waals surface area contributed by atoms with Crippen molar-refractivity contribution in [3.8, 4) is 0 Å². The molecule has 0 aliphatic rings. The highest BCUT2D eigenvalue weighted by Crippen LogP contribution is 2.04. The lowest BCUT2D eigenvalue weighted by atomic mass is 10.3. The SMILES string of the molecule is CCCN(CCC)Cc1cnc(NN)cn1. The highest BCUT2D eigenvalue weighted by atomic mass is 15.3. The fourth-order valence-electron chi connectivity index (χ4n) is 1.64. The van der Waals surface area contributed by atoms with Gasteiger partial charge in [0.25, 0.3) is 0 Å². The maximum absolute atomic E-state index is 5.23. The van der Waals surface area contributed by atoms with Gasteiger partial charge in [0.15, 0.2) is 5.82 Å². The average Bonchev–Trinajstić information content (AvgIpc) is 2.31. The first-order valence-corrected chi connectivity index (χ1v) is 5.80. The Morgan fingerprint density at radius 3 is 2.31 bits per heavy atom. The minimum absolute atomic E-state index is 0.598. The Labute approximate surface area is 97.0 Å². The third kappa shape index (κ3) is 4.12. The van der Waals surface area contributed by atoms with Crippen LogP contribution in [0.4, 0.5) is 5.82 Å². The third-order valence-electron chi connectivity index (χ3n) is 2.32. The monoisotopic (exact) mass is 223 g/mol. The molecule has 90 valence electrons. The zero-order valence-electron chi connectivity index (χ0n) is 10.1. The van der Waals surface area contributed by atoms with Gasteiger partial charge in [-0.1, -0.05) is 13.8 Å². The summed E-state index contributed by atoms with van der Waals surface area (Å²) in [6, 6.07) is 0. The molecular weight excluding hydrogens is 202 g/mol. The van der Waals surface area contributed by atoms with Crippen LogP contribution in [0.15, 0.2) is 12.4 Å². The van der Waals surface area contributed by atoms with Crippen LogP contribution in [0.2, 0.25) is 0 Å². The molecule has 0 saturated heterocycles. The molecule has 3 N–H and O–H groups in total. The van der Waals surface area contributed by atoms with E-state index in [4.69, 9.17) is 5.84 Å². The van der Waals surface area contributed by atoms with E-state index in [1.165, 1.54) is 0 Å². The van der Waals surface area contributed by atoms with Crippen LogP contribution in [-0.4, -0.2) is 28.0 Å². The van der Waals surface area contributed by atoms with Gasteiger partial charge < -0.3 is 5.43 Å². The van der Waals surface area contributed by atoms with Gasteiger partial charge in [0, 0.05) is 6.54 Å². The van der Waals surface area contributed by atoms with Crippen molar-refractivity contribution in [1.82, 2.24) is 14.9 Å². The smallest absolute Gasteiger partial charge is 0.158 e. The molecule has 0 unspecified atom stereocenters. The summed E-state index contributed by atoms with van der Waals surface area (Å²) < 4.78 is 0. The Kier molecular flexibility index (Phi) is 5.74. The van der Waals surface area contributed by atoms with E-state index in [0.29, 0.717) is 5.82 Å². The second kappa shape index (κ2) is 7.14. The minimum Gasteiger partial charge on any atom is -0.307 e. The molecule has 5 nitrogen and oxygen atoms in total. The van der Waals surface area contributed by atoms with Crippen molar-refractivity contribution in [3.63, 3.8) is 0 Å². The van der Waals surface area contributed by atoms with Crippen molar-refractivity contribution in [2.75, 3.05) is 18.5 Å². The van der Waals surface area contributed by atoms with E-state index in [9.17, 15) is 0 Å². The number of nitrogens with one attached hydrogen (secondary N) is 1. The zero-order chi connectivity index (χ0) is 11.8. The molecule has 1 aromatic heterocycles. The Balaban J connectivity index is 2.54. The van der Waals surface area contributed by atoms with Gasteiger partial charge in [-0.15, -0.1) is 0 Å². The molecule has 1 rings (SSSR count). The predicted octanol–water partition coefficient (Wildman–Crippen LogP) is 1.38. The molecule has 5 heteroatoms. The van der Waals surface area contributed by atoms with Crippen molar-refractivity contribution >= 4 is 5.82 Å². The normalized spacial score (nSPS) is 10.8. The van der Waals surface area contributed by atoms with Gasteiger partial charge in [-0.2, -0.15) is 0 Å². The fourth-order valence-corrected chi connectivity index (χ4v) is 1.64. The third-order valence-corrected chi connectivity index (χ3v) is 2.32. The fraction of sp³-hybridized carbons (Fsp3) is 0.636. The van der Waals surface area contributed by atoms with Gasteiger partial charge in [0.1, 0.15) is 0 Å². The number of aromatic nitrogens is 2. The molecule has 0 bridgehead atoms. The van der Waals surface area contributed by atoms with Crippen molar-refractivity contribution in [3.05, 3.63) is 18.1 Å². The van der Waals surface area contributed by atoms with Crippen LogP contribution in [0, 0.1) is 0 Å². The van der Waals surface area contributed by atoms with E-state index in [2.05, 4.69) is 34.1 Å². The predicted molar refractivity (Wildman–Crippen MR) is 65.7 cm³/mol. The second-order valence-corrected chi connectivity index (χ2v) is 3.81. The topological polar surface area (TPSA) is 67.1 Å². The molecule has 16 heavy (non-hydrogen) atoms. The lowest BCUT2D eigenvalue weighted by Gasteiger charge is -2.20. The molecule has 0 aliphatic carbocycles. The molecule has 0 fully saturated rings. The summed E-state index contributed by atoms with van der Waals surface area (Å²) in [7, 11) is 0. The Morgan fingerprint density at radius 2 is 1.88 bits per heavy atom. The molecule has 0 aliphatic heterocycles. The summed E-state index contributed by atoms with van der Waals surface area (Å²) in [4.78, 5) is 10.8. The molecule has 0 amide bonds. The number of anilines is 1. The van der Waals surface area contributed by atoms with Crippen LogP contribution in [0.3, 0.4) is 0 Å². The second-order valence-electron chi connectivity index (χ2n) is 3.81. The summed E-state index contributed by atoms with van der Waals surface area (Å²) in [5.74, 6) is 5.83. The summed E-state index contributed by atoms with van der Waals surface area (Å²) in [5.41, 5.74) is 3.46. The average molecular weight is 223 g/mol. The zero-order valence-corrected chi connectivity index (χ0v) is 10.1. The van der Waals surface area contributed by atoms with E-state index in [1.807, 2.05) is 0 Å². The largest absolute Gasteiger partial charge is 0.307 e. The Bertz CT molecular complexity index is 279. The quantitative estimate of drug-likeness (QED) is 0.540. The molecule has 0 spiro atoms. The number of hydrogen-bond acceptors (Lipinski definition) is 5. The summed E-state index contributed by atoms with van der Waals surface area (Å²) >= 11 is 0. The van der Waals surface area contributed by atoms with Crippen LogP contribution < -0.4 is 11.3 Å². The molecule has 0 atom stereocenters. The first kappa shape index (κ1) is 12.9. The number of nitrogens with zero attached hydrogens (tertiary/aromatic N) is 3. The van der Waals surface area contributed by atoms with E-state index < -0.39 is 0 Å². The van der Waals surface area contributed by atoms with Crippen LogP contribution in [0.25, 0.3) is 0 Å². The summed E-state index contributed by atoms with van der Waals surface area (Å²) in [6.45, 7) is 7.45. The lowest BCUT2D eigenvalue weighted by Crippen LogP contribution is -2.25. The number of rotatable bonds is 7. The van der Waals surface area contributed by atoms with Crippen LogP contribution >= 0.6 is 0 Å². The van der Waals surface area contributed by atoms with E-state index >= 15 is 0 Å². The van der Waals surface area contributed by atoms with Gasteiger partial charge in [0.05, 0.1) is 18.1 Å². The van der Waals surface area contributed by atoms with Crippen LogP contribution in [0.1, 0.15) is 32.4 Å². The number of nitrogen functional groups attached to an aromatic ring is 1. The number of hydrogen-bond donors (Lipinski definition) is 2. The van der Waals surface area contributed by atoms with Gasteiger partial charge in [-0.05, 0) is 25.9 Å². The maximum Gasteiger partial charge on any atom is 0.158 e. The van der Waals surface area contributed by atoms with Crippen molar-refractivity contribution in [1.29, 1.82) is 0 Å².